The van der Waals surface area contributed by atoms with Gasteiger partial charge < -0.3 is 25.8 Å². The van der Waals surface area contributed by atoms with Gasteiger partial charge in [0.15, 0.2) is 5.76 Å². The number of nitrogens with two attached hydrogens (primary N) is 2. The quantitative estimate of drug-likeness (QED) is 0.518. The van der Waals surface area contributed by atoms with Gasteiger partial charge in [-0.15, -0.1) is 0 Å². The highest BCUT2D eigenvalue weighted by atomic mass is 16.5. The number of aryl methyl sites for hydroxylation is 1. The lowest BCUT2D eigenvalue weighted by Crippen LogP contribution is -2.49. The van der Waals surface area contributed by atoms with E-state index in [1.54, 1.807) is 0 Å². The van der Waals surface area contributed by atoms with Gasteiger partial charge in [-0.1, -0.05) is 5.16 Å². The van der Waals surface area contributed by atoms with Crippen LogP contribution in [-0.2, 0) is 6.54 Å². The molecule has 3 aromatic rings. The van der Waals surface area contributed by atoms with Crippen LogP contribution in [0.1, 0.15) is 61.6 Å². The van der Waals surface area contributed by atoms with Gasteiger partial charge >= 0.3 is 0 Å². The predicted molar refractivity (Wildman–Crippen MR) is 125 cm³/mol. The van der Waals surface area contributed by atoms with Gasteiger partial charge in [-0.3, -0.25) is 5.10 Å². The van der Waals surface area contributed by atoms with Crippen molar-refractivity contribution in [1.82, 2.24) is 30.2 Å². The third-order valence-electron chi connectivity index (χ3n) is 7.60. The number of rotatable bonds is 6. The summed E-state index contributed by atoms with van der Waals surface area (Å²) in [6, 6.07) is 5.41. The Kier molecular flexibility index (Phi) is 4.79. The summed E-state index contributed by atoms with van der Waals surface area (Å²) < 4.78 is 5.55. The summed E-state index contributed by atoms with van der Waals surface area (Å²) in [5.41, 5.74) is 16.2. The molecule has 0 aromatic carbocycles. The smallest absolute Gasteiger partial charge is 0.229 e. The first-order valence-electron chi connectivity index (χ1n) is 11.9. The van der Waals surface area contributed by atoms with Crippen LogP contribution in [0.2, 0.25) is 0 Å². The topological polar surface area (TPSA) is 139 Å². The zero-order valence-electron chi connectivity index (χ0n) is 19.2. The fraction of sp³-hybridized carbons (Fsp3) is 0.565. The number of aromatic amines is 1. The van der Waals surface area contributed by atoms with Gasteiger partial charge in [-0.2, -0.15) is 15.1 Å². The Labute approximate surface area is 192 Å². The molecule has 2 bridgehead atoms. The van der Waals surface area contributed by atoms with Gasteiger partial charge in [-0.05, 0) is 58.6 Å². The molecule has 10 nitrogen and oxygen atoms in total. The average Bonchev–Trinajstić information content (AvgIpc) is 3.33. The van der Waals surface area contributed by atoms with E-state index < -0.39 is 0 Å². The Morgan fingerprint density at radius 1 is 1.09 bits per heavy atom. The number of piperidine rings is 1. The van der Waals surface area contributed by atoms with Crippen molar-refractivity contribution in [3.63, 3.8) is 0 Å². The van der Waals surface area contributed by atoms with E-state index in [-0.39, 0.29) is 6.04 Å². The molecule has 2 atom stereocenters. The minimum absolute atomic E-state index is 0.278. The molecule has 174 valence electrons. The van der Waals surface area contributed by atoms with Crippen molar-refractivity contribution < 1.29 is 4.52 Å². The minimum Gasteiger partial charge on any atom is -0.383 e. The molecule has 0 radical (unpaired) electrons. The molecule has 2 unspecified atom stereocenters. The molecule has 3 aliphatic rings. The van der Waals surface area contributed by atoms with Gasteiger partial charge in [0.25, 0.3) is 0 Å². The lowest BCUT2D eigenvalue weighted by molar-refractivity contribution is 0.157. The summed E-state index contributed by atoms with van der Waals surface area (Å²) in [7, 11) is 2.24. The van der Waals surface area contributed by atoms with Crippen molar-refractivity contribution in [3.8, 4) is 11.3 Å². The molecule has 1 saturated carbocycles. The summed E-state index contributed by atoms with van der Waals surface area (Å²) in [6.07, 6.45) is 6.95. The van der Waals surface area contributed by atoms with Crippen LogP contribution >= 0.6 is 0 Å². The molecular weight excluding hydrogens is 418 g/mol. The maximum Gasteiger partial charge on any atom is 0.229 e. The molecule has 10 heteroatoms. The number of aromatic nitrogens is 5. The van der Waals surface area contributed by atoms with E-state index in [0.29, 0.717) is 53.4 Å². The number of nitrogens with one attached hydrogen (secondary N) is 1. The number of nitrogens with zero attached hydrogens (tertiary/aromatic N) is 6. The number of H-pyrrole nitrogens is 1. The maximum absolute atomic E-state index is 6.45. The highest BCUT2D eigenvalue weighted by molar-refractivity contribution is 5.81. The molecular formula is C23H31N9O. The molecule has 3 fully saturated rings. The molecule has 3 aromatic heterocycles. The normalized spacial score (nSPS) is 25.0. The lowest BCUT2D eigenvalue weighted by Gasteiger charge is -2.41. The van der Waals surface area contributed by atoms with E-state index in [1.807, 2.05) is 19.1 Å². The number of hydrogen-bond acceptors (Lipinski definition) is 9. The molecule has 0 amide bonds. The standard InChI is InChI=1S/C23H31N9O/c1-12-7-17(33-30-12)11-32(16-8-14-5-6-15(9-16)31(14)2)23-26-21(24)20(22(25)27-23)19-10-18(28-29-19)13-3-4-13/h7,10,13-16H,3-6,8-9,11H2,1-2H3,(H,28,29)(H4,24,25,26,27). The first-order valence-corrected chi connectivity index (χ1v) is 11.9. The fourth-order valence-electron chi connectivity index (χ4n) is 5.60. The number of fused-ring (bicyclic) bond motifs is 2. The zero-order chi connectivity index (χ0) is 22.7. The molecule has 5 heterocycles. The van der Waals surface area contributed by atoms with E-state index in [0.717, 1.165) is 30.0 Å². The van der Waals surface area contributed by atoms with Crippen molar-refractivity contribution in [2.24, 2.45) is 0 Å². The van der Waals surface area contributed by atoms with Crippen LogP contribution < -0.4 is 16.4 Å². The van der Waals surface area contributed by atoms with Crippen molar-refractivity contribution >= 4 is 17.6 Å². The summed E-state index contributed by atoms with van der Waals surface area (Å²) >= 11 is 0. The van der Waals surface area contributed by atoms with Crippen molar-refractivity contribution in [3.05, 3.63) is 29.3 Å². The van der Waals surface area contributed by atoms with E-state index in [9.17, 15) is 0 Å². The molecule has 6 rings (SSSR count). The Balaban J connectivity index is 1.34. The Morgan fingerprint density at radius 3 is 2.39 bits per heavy atom. The maximum atomic E-state index is 6.45. The van der Waals surface area contributed by atoms with Crippen LogP contribution in [0.25, 0.3) is 11.3 Å². The van der Waals surface area contributed by atoms with E-state index in [1.165, 1.54) is 25.7 Å². The second kappa shape index (κ2) is 7.72. The summed E-state index contributed by atoms with van der Waals surface area (Å²) in [4.78, 5) is 14.2. The third kappa shape index (κ3) is 3.72. The average molecular weight is 450 g/mol. The number of nitrogen functional groups attached to an aromatic ring is 2. The van der Waals surface area contributed by atoms with Gasteiger partial charge in [0.05, 0.1) is 23.5 Å². The molecule has 33 heavy (non-hydrogen) atoms. The Morgan fingerprint density at radius 2 is 1.79 bits per heavy atom. The molecule has 2 aliphatic heterocycles. The highest BCUT2D eigenvalue weighted by Gasteiger charge is 2.41. The van der Waals surface area contributed by atoms with Crippen molar-refractivity contribution in [2.45, 2.75) is 76.0 Å². The number of hydrogen-bond donors (Lipinski definition) is 3. The molecule has 2 saturated heterocycles. The van der Waals surface area contributed by atoms with Crippen LogP contribution in [0.15, 0.2) is 16.7 Å². The predicted octanol–water partition coefficient (Wildman–Crippen LogP) is 2.84. The zero-order valence-corrected chi connectivity index (χ0v) is 19.2. The van der Waals surface area contributed by atoms with Crippen LogP contribution in [-0.4, -0.2) is 55.4 Å². The van der Waals surface area contributed by atoms with Crippen LogP contribution in [0.4, 0.5) is 17.6 Å². The second-order valence-corrected chi connectivity index (χ2v) is 9.89. The van der Waals surface area contributed by atoms with Gasteiger partial charge in [0.2, 0.25) is 5.95 Å². The molecule has 1 aliphatic carbocycles. The second-order valence-electron chi connectivity index (χ2n) is 9.89. The van der Waals surface area contributed by atoms with E-state index >= 15 is 0 Å². The fourth-order valence-corrected chi connectivity index (χ4v) is 5.60. The van der Waals surface area contributed by atoms with Crippen molar-refractivity contribution in [1.29, 1.82) is 0 Å². The minimum atomic E-state index is 0.278. The van der Waals surface area contributed by atoms with Crippen LogP contribution in [0.5, 0.6) is 0 Å². The monoisotopic (exact) mass is 449 g/mol. The van der Waals surface area contributed by atoms with Gasteiger partial charge in [0, 0.05) is 35.8 Å². The Bertz CT molecular complexity index is 1130. The van der Waals surface area contributed by atoms with E-state index in [4.69, 9.17) is 26.0 Å². The summed E-state index contributed by atoms with van der Waals surface area (Å²) in [5, 5.41) is 11.6. The lowest BCUT2D eigenvalue weighted by atomic mass is 9.96. The first-order chi connectivity index (χ1) is 16.0. The van der Waals surface area contributed by atoms with E-state index in [2.05, 4.69) is 32.2 Å². The van der Waals surface area contributed by atoms with Crippen LogP contribution in [0, 0.1) is 6.92 Å². The third-order valence-corrected chi connectivity index (χ3v) is 7.60. The molecule has 5 N–H and O–H groups in total. The van der Waals surface area contributed by atoms with Gasteiger partial charge in [0.1, 0.15) is 11.6 Å². The summed E-state index contributed by atoms with van der Waals surface area (Å²) in [6.45, 7) is 2.45. The highest BCUT2D eigenvalue weighted by Crippen LogP contribution is 2.42. The summed E-state index contributed by atoms with van der Waals surface area (Å²) in [5.74, 6) is 2.58. The Hall–Kier alpha value is -3.14. The van der Waals surface area contributed by atoms with Gasteiger partial charge in [-0.25, -0.2) is 0 Å². The molecule has 0 spiro atoms. The number of anilines is 3. The van der Waals surface area contributed by atoms with Crippen LogP contribution in [0.3, 0.4) is 0 Å². The largest absolute Gasteiger partial charge is 0.383 e. The SMILES string of the molecule is Cc1cc(CN(c2nc(N)c(-c3cc(C4CC4)[nH]n3)c(N)n2)C2CC3CCC(C2)N3C)on1. The first kappa shape index (κ1) is 20.5. The van der Waals surface area contributed by atoms with Crippen molar-refractivity contribution in [2.75, 3.05) is 23.4 Å².